The molecule has 0 radical (unpaired) electrons. The van der Waals surface area contributed by atoms with E-state index in [1.807, 2.05) is 18.2 Å². The molecule has 0 aliphatic rings. The molecule has 0 aliphatic carbocycles. The summed E-state index contributed by atoms with van der Waals surface area (Å²) in [5.74, 6) is 0. The molecule has 2 N–H and O–H groups in total. The zero-order valence-corrected chi connectivity index (χ0v) is 8.42. The van der Waals surface area contributed by atoms with Crippen LogP contribution in [0, 0.1) is 0 Å². The lowest BCUT2D eigenvalue weighted by Crippen LogP contribution is -1.97. The van der Waals surface area contributed by atoms with Gasteiger partial charge in [0, 0.05) is 0 Å². The zero-order chi connectivity index (χ0) is 8.81. The summed E-state index contributed by atoms with van der Waals surface area (Å²) in [4.78, 5) is 0. The van der Waals surface area contributed by atoms with Crippen molar-refractivity contribution in [3.8, 4) is 0 Å². The molecule has 1 rings (SSSR count). The third kappa shape index (κ3) is 3.20. The predicted molar refractivity (Wildman–Crippen MR) is 57.0 cm³/mol. The van der Waals surface area contributed by atoms with Crippen LogP contribution in [0.2, 0.25) is 0 Å². The molecule has 0 unspecified atom stereocenters. The van der Waals surface area contributed by atoms with Gasteiger partial charge in [0.1, 0.15) is 0 Å². The van der Waals surface area contributed by atoms with E-state index in [2.05, 4.69) is 34.1 Å². The van der Waals surface area contributed by atoms with Gasteiger partial charge in [-0.1, -0.05) is 46.3 Å². The molecule has 0 atom stereocenters. The fourth-order valence-electron chi connectivity index (χ4n) is 0.940. The standard InChI is InChI=1S/C10H12BrN/c11-10(6-7-12)8-9-4-2-1-3-5-9/h1-5,8H,6-7,12H2. The van der Waals surface area contributed by atoms with Gasteiger partial charge >= 0.3 is 0 Å². The summed E-state index contributed by atoms with van der Waals surface area (Å²) in [7, 11) is 0. The van der Waals surface area contributed by atoms with E-state index in [0.717, 1.165) is 10.9 Å². The normalized spacial score (nSPS) is 11.7. The van der Waals surface area contributed by atoms with Gasteiger partial charge in [-0.15, -0.1) is 0 Å². The number of nitrogens with two attached hydrogens (primary N) is 1. The van der Waals surface area contributed by atoms with E-state index in [1.54, 1.807) is 0 Å². The Labute approximate surface area is 81.4 Å². The molecule has 0 amide bonds. The molecule has 0 fully saturated rings. The average molecular weight is 226 g/mol. The maximum atomic E-state index is 5.41. The van der Waals surface area contributed by atoms with E-state index in [9.17, 15) is 0 Å². The molecular weight excluding hydrogens is 214 g/mol. The molecule has 0 heterocycles. The van der Waals surface area contributed by atoms with Crippen molar-refractivity contribution in [3.05, 3.63) is 40.4 Å². The fraction of sp³-hybridized carbons (Fsp3) is 0.200. The van der Waals surface area contributed by atoms with E-state index in [0.29, 0.717) is 6.54 Å². The maximum absolute atomic E-state index is 5.41. The highest BCUT2D eigenvalue weighted by Gasteiger charge is 1.90. The van der Waals surface area contributed by atoms with Gasteiger partial charge in [-0.25, -0.2) is 0 Å². The van der Waals surface area contributed by atoms with Gasteiger partial charge in [0.15, 0.2) is 0 Å². The number of rotatable bonds is 3. The number of halogens is 1. The van der Waals surface area contributed by atoms with Gasteiger partial charge in [0.05, 0.1) is 0 Å². The Morgan fingerprint density at radius 2 is 2.00 bits per heavy atom. The quantitative estimate of drug-likeness (QED) is 0.842. The highest BCUT2D eigenvalue weighted by molar-refractivity contribution is 9.11. The van der Waals surface area contributed by atoms with Gasteiger partial charge in [-0.05, 0) is 29.1 Å². The first-order valence-corrected chi connectivity index (χ1v) is 4.73. The van der Waals surface area contributed by atoms with Crippen LogP contribution in [0.4, 0.5) is 0 Å². The Morgan fingerprint density at radius 3 is 2.58 bits per heavy atom. The van der Waals surface area contributed by atoms with E-state index in [4.69, 9.17) is 5.73 Å². The first-order chi connectivity index (χ1) is 5.83. The minimum Gasteiger partial charge on any atom is -0.330 e. The minimum atomic E-state index is 0.684. The van der Waals surface area contributed by atoms with Crippen LogP contribution in [0.3, 0.4) is 0 Å². The van der Waals surface area contributed by atoms with Gasteiger partial charge in [0.2, 0.25) is 0 Å². The molecular formula is C10H12BrN. The van der Waals surface area contributed by atoms with Crippen molar-refractivity contribution in [2.75, 3.05) is 6.54 Å². The van der Waals surface area contributed by atoms with E-state index < -0.39 is 0 Å². The highest BCUT2D eigenvalue weighted by Crippen LogP contribution is 2.14. The smallest absolute Gasteiger partial charge is 0.00309 e. The van der Waals surface area contributed by atoms with Crippen LogP contribution in [-0.2, 0) is 0 Å². The highest BCUT2D eigenvalue weighted by atomic mass is 79.9. The summed E-state index contributed by atoms with van der Waals surface area (Å²) < 4.78 is 1.15. The Balaban J connectivity index is 2.67. The molecule has 0 aromatic heterocycles. The van der Waals surface area contributed by atoms with Crippen LogP contribution in [0.5, 0.6) is 0 Å². The summed E-state index contributed by atoms with van der Waals surface area (Å²) in [5.41, 5.74) is 6.62. The fourth-order valence-corrected chi connectivity index (χ4v) is 1.43. The van der Waals surface area contributed by atoms with Crippen LogP contribution < -0.4 is 5.73 Å². The lowest BCUT2D eigenvalue weighted by atomic mass is 10.2. The Kier molecular flexibility index (Phi) is 4.05. The monoisotopic (exact) mass is 225 g/mol. The lowest BCUT2D eigenvalue weighted by molar-refractivity contribution is 1.00. The molecule has 1 aromatic rings. The molecule has 1 nitrogen and oxygen atoms in total. The summed E-state index contributed by atoms with van der Waals surface area (Å²) in [5, 5.41) is 0. The second-order valence-electron chi connectivity index (χ2n) is 2.54. The minimum absolute atomic E-state index is 0.684. The van der Waals surface area contributed by atoms with E-state index in [1.165, 1.54) is 5.56 Å². The summed E-state index contributed by atoms with van der Waals surface area (Å²) in [6, 6.07) is 10.2. The van der Waals surface area contributed by atoms with Gasteiger partial charge in [0.25, 0.3) is 0 Å². The van der Waals surface area contributed by atoms with Crippen molar-refractivity contribution in [3.63, 3.8) is 0 Å². The Hall–Kier alpha value is -0.600. The van der Waals surface area contributed by atoms with Gasteiger partial charge < -0.3 is 5.73 Å². The molecule has 0 bridgehead atoms. The van der Waals surface area contributed by atoms with Crippen molar-refractivity contribution in [1.29, 1.82) is 0 Å². The van der Waals surface area contributed by atoms with Crippen LogP contribution in [-0.4, -0.2) is 6.54 Å². The first kappa shape index (κ1) is 9.49. The third-order valence-corrected chi connectivity index (χ3v) is 2.13. The number of benzene rings is 1. The number of hydrogen-bond acceptors (Lipinski definition) is 1. The Morgan fingerprint density at radius 1 is 1.33 bits per heavy atom. The molecule has 12 heavy (non-hydrogen) atoms. The number of hydrogen-bond donors (Lipinski definition) is 1. The summed E-state index contributed by atoms with van der Waals surface area (Å²) >= 11 is 3.46. The predicted octanol–water partition coefficient (Wildman–Crippen LogP) is 2.77. The second-order valence-corrected chi connectivity index (χ2v) is 3.56. The van der Waals surface area contributed by atoms with Crippen molar-refractivity contribution in [1.82, 2.24) is 0 Å². The molecule has 1 aromatic carbocycles. The van der Waals surface area contributed by atoms with Crippen molar-refractivity contribution in [2.24, 2.45) is 5.73 Å². The Bertz CT molecular complexity index is 254. The molecule has 0 aliphatic heterocycles. The van der Waals surface area contributed by atoms with Gasteiger partial charge in [-0.3, -0.25) is 0 Å². The topological polar surface area (TPSA) is 26.0 Å². The van der Waals surface area contributed by atoms with Gasteiger partial charge in [-0.2, -0.15) is 0 Å². The third-order valence-electron chi connectivity index (χ3n) is 1.51. The van der Waals surface area contributed by atoms with E-state index >= 15 is 0 Å². The molecule has 0 saturated carbocycles. The molecule has 0 spiro atoms. The first-order valence-electron chi connectivity index (χ1n) is 3.94. The van der Waals surface area contributed by atoms with E-state index in [-0.39, 0.29) is 0 Å². The van der Waals surface area contributed by atoms with Crippen LogP contribution in [0.25, 0.3) is 6.08 Å². The largest absolute Gasteiger partial charge is 0.330 e. The average Bonchev–Trinajstić information content (AvgIpc) is 2.06. The van der Waals surface area contributed by atoms with Crippen LogP contribution in [0.15, 0.2) is 34.8 Å². The summed E-state index contributed by atoms with van der Waals surface area (Å²) in [6.07, 6.45) is 2.99. The van der Waals surface area contributed by atoms with Crippen LogP contribution >= 0.6 is 15.9 Å². The SMILES string of the molecule is NCCC(Br)=Cc1ccccc1. The second kappa shape index (κ2) is 5.12. The molecule has 64 valence electrons. The summed E-state index contributed by atoms with van der Waals surface area (Å²) in [6.45, 7) is 0.684. The lowest BCUT2D eigenvalue weighted by Gasteiger charge is -1.95. The van der Waals surface area contributed by atoms with Crippen molar-refractivity contribution in [2.45, 2.75) is 6.42 Å². The zero-order valence-electron chi connectivity index (χ0n) is 6.83. The molecule has 0 saturated heterocycles. The maximum Gasteiger partial charge on any atom is -0.00309 e. The van der Waals surface area contributed by atoms with Crippen LogP contribution in [0.1, 0.15) is 12.0 Å². The molecule has 2 heteroatoms. The van der Waals surface area contributed by atoms with Crippen molar-refractivity contribution >= 4 is 22.0 Å². The van der Waals surface area contributed by atoms with Crippen molar-refractivity contribution < 1.29 is 0 Å².